The third-order valence-electron chi connectivity index (χ3n) is 5.06. The van der Waals surface area contributed by atoms with Gasteiger partial charge in [0.1, 0.15) is 0 Å². The SMILES string of the molecule is Cc1cccc(CC(=O)N2CCN(c3nccn3-c3cccc(Cl)c3)CC2)c1. The summed E-state index contributed by atoms with van der Waals surface area (Å²) >= 11 is 6.14. The first-order chi connectivity index (χ1) is 13.6. The van der Waals surface area contributed by atoms with Gasteiger partial charge in [0.25, 0.3) is 0 Å². The summed E-state index contributed by atoms with van der Waals surface area (Å²) in [6.07, 6.45) is 4.20. The molecule has 0 radical (unpaired) electrons. The van der Waals surface area contributed by atoms with E-state index in [4.69, 9.17) is 11.6 Å². The molecule has 28 heavy (non-hydrogen) atoms. The molecule has 0 spiro atoms. The van der Waals surface area contributed by atoms with Crippen molar-refractivity contribution < 1.29 is 4.79 Å². The van der Waals surface area contributed by atoms with Crippen LogP contribution in [0.5, 0.6) is 0 Å². The molecular formula is C22H23ClN4O. The average Bonchev–Trinajstić information content (AvgIpc) is 3.18. The molecule has 1 fully saturated rings. The van der Waals surface area contributed by atoms with Crippen LogP contribution >= 0.6 is 11.6 Å². The lowest BCUT2D eigenvalue weighted by atomic mass is 10.1. The number of aromatic nitrogens is 2. The van der Waals surface area contributed by atoms with Gasteiger partial charge in [-0.05, 0) is 30.7 Å². The third kappa shape index (κ3) is 4.04. The van der Waals surface area contributed by atoms with E-state index in [0.717, 1.165) is 30.3 Å². The van der Waals surface area contributed by atoms with Crippen LogP contribution in [-0.2, 0) is 11.2 Å². The molecule has 144 valence electrons. The van der Waals surface area contributed by atoms with Crippen molar-refractivity contribution in [1.82, 2.24) is 14.5 Å². The zero-order chi connectivity index (χ0) is 19.5. The van der Waals surface area contributed by atoms with Crippen LogP contribution in [0.4, 0.5) is 5.95 Å². The van der Waals surface area contributed by atoms with E-state index in [2.05, 4.69) is 28.9 Å². The largest absolute Gasteiger partial charge is 0.339 e. The lowest BCUT2D eigenvalue weighted by molar-refractivity contribution is -0.130. The molecule has 0 aliphatic carbocycles. The fraction of sp³-hybridized carbons (Fsp3) is 0.273. The number of piperazine rings is 1. The van der Waals surface area contributed by atoms with Crippen molar-refractivity contribution in [1.29, 1.82) is 0 Å². The maximum Gasteiger partial charge on any atom is 0.227 e. The monoisotopic (exact) mass is 394 g/mol. The van der Waals surface area contributed by atoms with E-state index >= 15 is 0 Å². The highest BCUT2D eigenvalue weighted by atomic mass is 35.5. The average molecular weight is 395 g/mol. The molecule has 0 bridgehead atoms. The van der Waals surface area contributed by atoms with E-state index in [0.29, 0.717) is 24.5 Å². The first kappa shape index (κ1) is 18.6. The normalized spacial score (nSPS) is 14.4. The molecular weight excluding hydrogens is 372 g/mol. The highest BCUT2D eigenvalue weighted by molar-refractivity contribution is 6.30. The number of rotatable bonds is 4. The third-order valence-corrected chi connectivity index (χ3v) is 5.30. The number of hydrogen-bond donors (Lipinski definition) is 0. The van der Waals surface area contributed by atoms with Crippen LogP contribution in [-0.4, -0.2) is 46.5 Å². The molecule has 4 rings (SSSR count). The quantitative estimate of drug-likeness (QED) is 0.677. The van der Waals surface area contributed by atoms with Gasteiger partial charge in [-0.25, -0.2) is 4.98 Å². The second kappa shape index (κ2) is 8.07. The summed E-state index contributed by atoms with van der Waals surface area (Å²) in [4.78, 5) is 21.4. The summed E-state index contributed by atoms with van der Waals surface area (Å²) in [5.41, 5.74) is 3.24. The number of aryl methyl sites for hydroxylation is 1. The molecule has 1 aliphatic heterocycles. The fourth-order valence-electron chi connectivity index (χ4n) is 3.62. The van der Waals surface area contributed by atoms with E-state index in [-0.39, 0.29) is 5.91 Å². The number of amides is 1. The summed E-state index contributed by atoms with van der Waals surface area (Å²) in [7, 11) is 0. The van der Waals surface area contributed by atoms with E-state index < -0.39 is 0 Å². The first-order valence-corrected chi connectivity index (χ1v) is 9.85. The Hall–Kier alpha value is -2.79. The van der Waals surface area contributed by atoms with Crippen LogP contribution < -0.4 is 4.90 Å². The van der Waals surface area contributed by atoms with Gasteiger partial charge in [0, 0.05) is 49.3 Å². The van der Waals surface area contributed by atoms with Gasteiger partial charge in [0.05, 0.1) is 6.42 Å². The molecule has 3 aromatic rings. The summed E-state index contributed by atoms with van der Waals surface area (Å²) in [5, 5.41) is 0.698. The van der Waals surface area contributed by atoms with Crippen molar-refractivity contribution in [3.05, 3.63) is 77.1 Å². The first-order valence-electron chi connectivity index (χ1n) is 9.48. The number of halogens is 1. The molecule has 0 N–H and O–H groups in total. The Labute approximate surface area is 170 Å². The Balaban J connectivity index is 1.41. The molecule has 2 heterocycles. The Bertz CT molecular complexity index is 976. The number of benzene rings is 2. The number of nitrogens with zero attached hydrogens (tertiary/aromatic N) is 4. The number of carbonyl (C=O) groups is 1. The lowest BCUT2D eigenvalue weighted by Crippen LogP contribution is -2.49. The van der Waals surface area contributed by atoms with E-state index in [9.17, 15) is 4.79 Å². The number of imidazole rings is 1. The minimum atomic E-state index is 0.184. The second-order valence-electron chi connectivity index (χ2n) is 7.11. The van der Waals surface area contributed by atoms with Crippen molar-refractivity contribution in [3.63, 3.8) is 0 Å². The van der Waals surface area contributed by atoms with Gasteiger partial charge in [-0.2, -0.15) is 0 Å². The number of hydrogen-bond acceptors (Lipinski definition) is 3. The molecule has 2 aromatic carbocycles. The van der Waals surface area contributed by atoms with Gasteiger partial charge in [0.2, 0.25) is 11.9 Å². The second-order valence-corrected chi connectivity index (χ2v) is 7.55. The fourth-order valence-corrected chi connectivity index (χ4v) is 3.81. The smallest absolute Gasteiger partial charge is 0.227 e. The van der Waals surface area contributed by atoms with Gasteiger partial charge < -0.3 is 9.80 Å². The van der Waals surface area contributed by atoms with Crippen LogP contribution in [0, 0.1) is 6.92 Å². The van der Waals surface area contributed by atoms with Gasteiger partial charge >= 0.3 is 0 Å². The van der Waals surface area contributed by atoms with Crippen LogP contribution in [0.1, 0.15) is 11.1 Å². The molecule has 1 aromatic heterocycles. The van der Waals surface area contributed by atoms with Crippen molar-refractivity contribution in [3.8, 4) is 5.69 Å². The van der Waals surface area contributed by atoms with Gasteiger partial charge in [-0.1, -0.05) is 47.5 Å². The molecule has 0 atom stereocenters. The zero-order valence-electron chi connectivity index (χ0n) is 15.9. The van der Waals surface area contributed by atoms with E-state index in [1.54, 1.807) is 6.20 Å². The molecule has 1 aliphatic rings. The molecule has 5 nitrogen and oxygen atoms in total. The maximum atomic E-state index is 12.7. The molecule has 0 unspecified atom stereocenters. The summed E-state index contributed by atoms with van der Waals surface area (Å²) in [5.74, 6) is 1.07. The van der Waals surface area contributed by atoms with Crippen LogP contribution in [0.2, 0.25) is 5.02 Å². The van der Waals surface area contributed by atoms with Crippen molar-refractivity contribution in [2.75, 3.05) is 31.1 Å². The predicted molar refractivity (Wildman–Crippen MR) is 112 cm³/mol. The number of anilines is 1. The molecule has 1 amide bonds. The van der Waals surface area contributed by atoms with Gasteiger partial charge in [-0.3, -0.25) is 9.36 Å². The topological polar surface area (TPSA) is 41.4 Å². The summed E-state index contributed by atoms with van der Waals surface area (Å²) < 4.78 is 2.04. The van der Waals surface area contributed by atoms with Crippen LogP contribution in [0.3, 0.4) is 0 Å². The lowest BCUT2D eigenvalue weighted by Gasteiger charge is -2.35. The molecule has 1 saturated heterocycles. The maximum absolute atomic E-state index is 12.7. The minimum absolute atomic E-state index is 0.184. The van der Waals surface area contributed by atoms with E-state index in [1.807, 2.05) is 52.1 Å². The Kier molecular flexibility index (Phi) is 5.35. The van der Waals surface area contributed by atoms with Gasteiger partial charge in [0.15, 0.2) is 0 Å². The highest BCUT2D eigenvalue weighted by Gasteiger charge is 2.24. The molecule has 0 saturated carbocycles. The molecule has 6 heteroatoms. The summed E-state index contributed by atoms with van der Waals surface area (Å²) in [6.45, 7) is 4.98. The summed E-state index contributed by atoms with van der Waals surface area (Å²) in [6, 6.07) is 15.9. The number of carbonyl (C=O) groups excluding carboxylic acids is 1. The van der Waals surface area contributed by atoms with E-state index in [1.165, 1.54) is 5.56 Å². The van der Waals surface area contributed by atoms with Crippen LogP contribution in [0.25, 0.3) is 5.69 Å². The predicted octanol–water partition coefficient (Wildman–Crippen LogP) is 3.73. The standard InChI is InChI=1S/C22H23ClN4O/c1-17-4-2-5-18(14-17)15-21(28)25-10-12-26(13-11-25)22-24-8-9-27(22)20-7-3-6-19(23)16-20/h2-9,14,16H,10-13,15H2,1H3. The van der Waals surface area contributed by atoms with Crippen molar-refractivity contribution in [2.24, 2.45) is 0 Å². The highest BCUT2D eigenvalue weighted by Crippen LogP contribution is 2.22. The zero-order valence-corrected chi connectivity index (χ0v) is 16.6. The van der Waals surface area contributed by atoms with Crippen LogP contribution in [0.15, 0.2) is 60.9 Å². The Morgan fingerprint density at radius 3 is 2.61 bits per heavy atom. The minimum Gasteiger partial charge on any atom is -0.339 e. The Morgan fingerprint density at radius 1 is 1.07 bits per heavy atom. The van der Waals surface area contributed by atoms with Crippen molar-refractivity contribution >= 4 is 23.5 Å². The van der Waals surface area contributed by atoms with Gasteiger partial charge in [-0.15, -0.1) is 0 Å². The Morgan fingerprint density at radius 2 is 1.86 bits per heavy atom. The van der Waals surface area contributed by atoms with Crippen molar-refractivity contribution in [2.45, 2.75) is 13.3 Å².